The molecule has 1 saturated heterocycles. The van der Waals surface area contributed by atoms with E-state index in [0.29, 0.717) is 19.3 Å². The smallest absolute Gasteiger partial charge is 0.309 e. The maximum Gasteiger partial charge on any atom is 0.309 e. The van der Waals surface area contributed by atoms with Crippen molar-refractivity contribution in [1.29, 1.82) is 0 Å². The summed E-state index contributed by atoms with van der Waals surface area (Å²) >= 11 is 0. The summed E-state index contributed by atoms with van der Waals surface area (Å²) in [5, 5.41) is 18.3. The van der Waals surface area contributed by atoms with E-state index in [0.717, 1.165) is 43.8 Å². The van der Waals surface area contributed by atoms with E-state index < -0.39 is 11.2 Å². The Labute approximate surface area is 168 Å². The second kappa shape index (κ2) is 8.35. The third-order valence-electron chi connectivity index (χ3n) is 5.98. The lowest BCUT2D eigenvalue weighted by molar-refractivity contribution is -0.0893. The summed E-state index contributed by atoms with van der Waals surface area (Å²) in [6.45, 7) is 12.3. The van der Waals surface area contributed by atoms with Gasteiger partial charge in [0, 0.05) is 19.4 Å². The number of rotatable bonds is 7. The molecule has 1 aromatic heterocycles. The highest BCUT2D eigenvalue weighted by molar-refractivity contribution is 6.47. The Kier molecular flexibility index (Phi) is 6.27. The molecule has 0 aliphatic carbocycles. The first kappa shape index (κ1) is 21.0. The minimum Gasteiger partial charge on any atom is -0.427 e. The van der Waals surface area contributed by atoms with E-state index in [1.54, 1.807) is 13.8 Å². The van der Waals surface area contributed by atoms with E-state index >= 15 is 0 Å². The van der Waals surface area contributed by atoms with E-state index in [-0.39, 0.29) is 0 Å². The lowest BCUT2D eigenvalue weighted by atomic mass is 9.82. The molecule has 0 saturated carbocycles. The zero-order chi connectivity index (χ0) is 20.4. The van der Waals surface area contributed by atoms with Gasteiger partial charge in [0.15, 0.2) is 0 Å². The van der Waals surface area contributed by atoms with E-state index in [1.807, 2.05) is 20.8 Å². The number of aryl methyl sites for hydroxylation is 1. The average molecular weight is 385 g/mol. The van der Waals surface area contributed by atoms with Crippen LogP contribution >= 0.6 is 0 Å². The molecule has 1 fully saturated rings. The third kappa shape index (κ3) is 5.22. The predicted octanol–water partition coefficient (Wildman–Crippen LogP) is 2.30. The molecule has 152 valence electrons. The fraction of sp³-hybridized carbons (Fsp3) is 0.619. The van der Waals surface area contributed by atoms with E-state index in [4.69, 9.17) is 9.07 Å². The molecule has 2 heterocycles. The van der Waals surface area contributed by atoms with Crippen LogP contribution in [0.15, 0.2) is 28.7 Å². The minimum absolute atomic E-state index is 0.385. The second-order valence-corrected chi connectivity index (χ2v) is 8.88. The number of nitrogens with zero attached hydrogens (tertiary/aromatic N) is 3. The standard InChI is InChI=1S/C21H32BN3O3/c1-15-23-24-19(27-15)17-10-12-25(13-11-17)14-16-6-8-18(9-7-16)22-28-21(4,5)20(2,3)26/h6-9,17,22,26H,10-14H2,1-5H3. The summed E-state index contributed by atoms with van der Waals surface area (Å²) < 4.78 is 11.5. The first-order valence-corrected chi connectivity index (χ1v) is 10.1. The van der Waals surface area contributed by atoms with Crippen LogP contribution in [0.3, 0.4) is 0 Å². The highest BCUT2D eigenvalue weighted by Crippen LogP contribution is 2.27. The Morgan fingerprint density at radius 1 is 1.14 bits per heavy atom. The molecule has 2 aromatic rings. The molecule has 0 amide bonds. The molecule has 0 bridgehead atoms. The van der Waals surface area contributed by atoms with Crippen LogP contribution in [0.5, 0.6) is 0 Å². The Hall–Kier alpha value is -1.70. The third-order valence-corrected chi connectivity index (χ3v) is 5.98. The van der Waals surface area contributed by atoms with Crippen LogP contribution in [0.4, 0.5) is 0 Å². The van der Waals surface area contributed by atoms with Gasteiger partial charge in [-0.15, -0.1) is 10.2 Å². The van der Waals surface area contributed by atoms with Crippen molar-refractivity contribution in [3.8, 4) is 0 Å². The summed E-state index contributed by atoms with van der Waals surface area (Å²) in [5.74, 6) is 1.82. The fourth-order valence-electron chi connectivity index (χ4n) is 3.25. The zero-order valence-electron chi connectivity index (χ0n) is 17.7. The molecular formula is C21H32BN3O3. The number of piperidine rings is 1. The molecule has 7 heteroatoms. The van der Waals surface area contributed by atoms with Crippen LogP contribution < -0.4 is 5.46 Å². The van der Waals surface area contributed by atoms with E-state index in [2.05, 4.69) is 39.4 Å². The molecule has 28 heavy (non-hydrogen) atoms. The topological polar surface area (TPSA) is 71.6 Å². The van der Waals surface area contributed by atoms with Gasteiger partial charge in [-0.25, -0.2) is 0 Å². The molecule has 1 aliphatic heterocycles. The molecule has 1 N–H and O–H groups in total. The first-order chi connectivity index (χ1) is 13.1. The van der Waals surface area contributed by atoms with E-state index in [1.165, 1.54) is 5.56 Å². The highest BCUT2D eigenvalue weighted by atomic mass is 16.5. The van der Waals surface area contributed by atoms with Crippen molar-refractivity contribution in [2.45, 2.75) is 71.1 Å². The number of hydrogen-bond acceptors (Lipinski definition) is 6. The van der Waals surface area contributed by atoms with E-state index in [9.17, 15) is 5.11 Å². The van der Waals surface area contributed by atoms with Crippen molar-refractivity contribution in [3.05, 3.63) is 41.6 Å². The number of hydrogen-bond donors (Lipinski definition) is 1. The number of aliphatic hydroxyl groups is 1. The Bertz CT molecular complexity index is 760. The van der Waals surface area contributed by atoms with Crippen molar-refractivity contribution in [2.75, 3.05) is 13.1 Å². The van der Waals surface area contributed by atoms with Gasteiger partial charge >= 0.3 is 7.48 Å². The monoisotopic (exact) mass is 385 g/mol. The predicted molar refractivity (Wildman–Crippen MR) is 111 cm³/mol. The summed E-state index contributed by atoms with van der Waals surface area (Å²) in [4.78, 5) is 2.47. The van der Waals surface area contributed by atoms with Gasteiger partial charge in [0.2, 0.25) is 11.8 Å². The van der Waals surface area contributed by atoms with Crippen molar-refractivity contribution in [3.63, 3.8) is 0 Å². The summed E-state index contributed by atoms with van der Waals surface area (Å²) in [6, 6.07) is 8.57. The minimum atomic E-state index is -0.890. The molecule has 0 atom stereocenters. The SMILES string of the molecule is Cc1nnc(C2CCN(Cc3ccc(BOC(C)(C)C(C)(C)O)cc3)CC2)o1. The first-order valence-electron chi connectivity index (χ1n) is 10.1. The molecule has 1 aromatic carbocycles. The Balaban J connectivity index is 1.47. The number of benzene rings is 1. The normalized spacial score (nSPS) is 17.1. The van der Waals surface area contributed by atoms with Gasteiger partial charge in [-0.3, -0.25) is 4.90 Å². The number of likely N-dealkylation sites (tertiary alicyclic amines) is 1. The maximum absolute atomic E-state index is 10.2. The highest BCUT2D eigenvalue weighted by Gasteiger charge is 2.35. The average Bonchev–Trinajstić information content (AvgIpc) is 3.07. The number of aromatic nitrogens is 2. The molecular weight excluding hydrogens is 353 g/mol. The van der Waals surface area contributed by atoms with Gasteiger partial charge in [-0.2, -0.15) is 0 Å². The van der Waals surface area contributed by atoms with Gasteiger partial charge < -0.3 is 14.2 Å². The van der Waals surface area contributed by atoms with Crippen LogP contribution in [0.1, 0.15) is 63.8 Å². The summed E-state index contributed by atoms with van der Waals surface area (Å²) in [7, 11) is 0.492. The molecule has 0 radical (unpaired) electrons. The van der Waals surface area contributed by atoms with Gasteiger partial charge in [0.25, 0.3) is 0 Å². The molecule has 0 spiro atoms. The van der Waals surface area contributed by atoms with Gasteiger partial charge in [0.1, 0.15) is 0 Å². The van der Waals surface area contributed by atoms with Crippen LogP contribution in [-0.4, -0.2) is 52.0 Å². The van der Waals surface area contributed by atoms with Crippen molar-refractivity contribution in [2.24, 2.45) is 0 Å². The van der Waals surface area contributed by atoms with Crippen molar-refractivity contribution in [1.82, 2.24) is 15.1 Å². The quantitative estimate of drug-likeness (QED) is 0.738. The summed E-state index contributed by atoms with van der Waals surface area (Å²) in [5.41, 5.74) is 0.926. The fourth-order valence-corrected chi connectivity index (χ4v) is 3.25. The Morgan fingerprint density at radius 2 is 1.79 bits per heavy atom. The maximum atomic E-state index is 10.2. The van der Waals surface area contributed by atoms with Crippen LogP contribution in [0.2, 0.25) is 0 Å². The van der Waals surface area contributed by atoms with Gasteiger partial charge in [-0.1, -0.05) is 29.7 Å². The van der Waals surface area contributed by atoms with Gasteiger partial charge in [-0.05, 0) is 59.2 Å². The molecule has 6 nitrogen and oxygen atoms in total. The second-order valence-electron chi connectivity index (χ2n) is 8.88. The van der Waals surface area contributed by atoms with Crippen LogP contribution in [-0.2, 0) is 11.2 Å². The Morgan fingerprint density at radius 3 is 2.32 bits per heavy atom. The summed E-state index contributed by atoms with van der Waals surface area (Å²) in [6.07, 6.45) is 2.11. The lowest BCUT2D eigenvalue weighted by Crippen LogP contribution is -2.49. The van der Waals surface area contributed by atoms with Crippen molar-refractivity contribution < 1.29 is 14.2 Å². The molecule has 3 rings (SSSR count). The largest absolute Gasteiger partial charge is 0.427 e. The van der Waals surface area contributed by atoms with Crippen molar-refractivity contribution >= 4 is 12.9 Å². The van der Waals surface area contributed by atoms with Gasteiger partial charge in [0.05, 0.1) is 11.2 Å². The lowest BCUT2D eigenvalue weighted by Gasteiger charge is -2.37. The van der Waals surface area contributed by atoms with Crippen LogP contribution in [0, 0.1) is 6.92 Å². The van der Waals surface area contributed by atoms with Crippen LogP contribution in [0.25, 0.3) is 0 Å². The molecule has 0 unspecified atom stereocenters. The molecule has 1 aliphatic rings. The zero-order valence-corrected chi connectivity index (χ0v) is 17.7.